The second kappa shape index (κ2) is 15.9. The molecule has 5 atom stereocenters. The number of carbonyl (C=O) groups is 3. The van der Waals surface area contributed by atoms with E-state index in [9.17, 15) is 19.5 Å². The molecule has 1 saturated heterocycles. The summed E-state index contributed by atoms with van der Waals surface area (Å²) in [6, 6.07) is -0.709. The fourth-order valence-electron chi connectivity index (χ4n) is 3.40. The Bertz CT molecular complexity index is 566. The lowest BCUT2D eigenvalue weighted by Gasteiger charge is -2.43. The monoisotopic (exact) mass is 525 g/mol. The molecule has 5 unspecified atom stereocenters. The minimum absolute atomic E-state index is 0.160. The third-order valence-corrected chi connectivity index (χ3v) is 6.67. The predicted octanol–water partition coefficient (Wildman–Crippen LogP) is 2.93. The smallest absolute Gasteiger partial charge is 0.303 e. The fraction of sp³-hybridized carbons (Fsp3) is 0.857. The summed E-state index contributed by atoms with van der Waals surface area (Å²) in [5.74, 6) is -0.587. The summed E-state index contributed by atoms with van der Waals surface area (Å²) >= 11 is 4.95. The number of rotatable bonds is 14. The second-order valence-electron chi connectivity index (χ2n) is 7.67. The van der Waals surface area contributed by atoms with E-state index >= 15 is 0 Å². The van der Waals surface area contributed by atoms with Crippen molar-refractivity contribution in [3.8, 4) is 0 Å². The minimum atomic E-state index is -1.24. The van der Waals surface area contributed by atoms with Crippen LogP contribution in [-0.4, -0.2) is 70.4 Å². The molecule has 1 heterocycles. The molecule has 0 saturated carbocycles. The topological polar surface area (TPSA) is 111 Å². The number of ether oxygens (including phenoxy) is 3. The second-order valence-corrected chi connectivity index (χ2v) is 9.67. The van der Waals surface area contributed by atoms with Gasteiger partial charge in [-0.15, -0.1) is 11.8 Å². The maximum absolute atomic E-state index is 11.7. The van der Waals surface area contributed by atoms with Crippen molar-refractivity contribution in [2.45, 2.75) is 95.5 Å². The lowest BCUT2D eigenvalue weighted by atomic mass is 9.97. The highest BCUT2D eigenvalue weighted by Crippen LogP contribution is 2.31. The summed E-state index contributed by atoms with van der Waals surface area (Å²) in [6.45, 7) is 3.71. The molecule has 180 valence electrons. The van der Waals surface area contributed by atoms with Gasteiger partial charge in [-0.1, -0.05) is 48.0 Å². The number of hydrogen-bond acceptors (Lipinski definition) is 8. The Labute approximate surface area is 197 Å². The SMILES string of the molecule is CC(=O)NC1C(SCCCCCCCCCBr)OC(COC(C)=O)C(O)C1OC(C)=O. The number of hydrogen-bond donors (Lipinski definition) is 2. The summed E-state index contributed by atoms with van der Waals surface area (Å²) < 4.78 is 16.3. The summed E-state index contributed by atoms with van der Waals surface area (Å²) in [5.41, 5.74) is -0.545. The van der Waals surface area contributed by atoms with E-state index in [1.54, 1.807) is 0 Å². The zero-order valence-electron chi connectivity index (χ0n) is 18.6. The summed E-state index contributed by atoms with van der Waals surface area (Å²) in [6.07, 6.45) is 5.10. The highest BCUT2D eigenvalue weighted by atomic mass is 79.9. The molecule has 0 aromatic heterocycles. The van der Waals surface area contributed by atoms with Gasteiger partial charge in [-0.3, -0.25) is 14.4 Å². The van der Waals surface area contributed by atoms with Gasteiger partial charge >= 0.3 is 11.9 Å². The van der Waals surface area contributed by atoms with Crippen LogP contribution in [0.4, 0.5) is 0 Å². The van der Waals surface area contributed by atoms with Crippen LogP contribution in [0.2, 0.25) is 0 Å². The van der Waals surface area contributed by atoms with Crippen LogP contribution in [0.3, 0.4) is 0 Å². The summed E-state index contributed by atoms with van der Waals surface area (Å²) in [5, 5.41) is 14.5. The molecule has 10 heteroatoms. The Morgan fingerprint density at radius 3 is 2.16 bits per heavy atom. The molecular weight excluding hydrogens is 490 g/mol. The molecule has 1 fully saturated rings. The van der Waals surface area contributed by atoms with Crippen molar-refractivity contribution < 1.29 is 33.7 Å². The molecule has 0 aliphatic carbocycles. The molecule has 1 aliphatic heterocycles. The van der Waals surface area contributed by atoms with E-state index in [1.165, 1.54) is 64.6 Å². The third-order valence-electron chi connectivity index (χ3n) is 4.86. The standard InChI is InChI=1S/C21H36BrNO7S/c1-14(24)23-18-20(29-16(3)26)19(27)17(13-28-15(2)25)30-21(18)31-12-10-8-6-4-5-7-9-11-22/h17-21,27H,4-13H2,1-3H3,(H,23,24). The van der Waals surface area contributed by atoms with E-state index in [1.807, 2.05) is 0 Å². The van der Waals surface area contributed by atoms with Gasteiger partial charge in [0, 0.05) is 26.1 Å². The average Bonchev–Trinajstić information content (AvgIpc) is 2.69. The molecule has 0 aromatic carbocycles. The first-order valence-electron chi connectivity index (χ1n) is 10.8. The first kappa shape index (κ1) is 28.2. The van der Waals surface area contributed by atoms with E-state index in [4.69, 9.17) is 14.2 Å². The lowest BCUT2D eigenvalue weighted by molar-refractivity contribution is -0.199. The number of carbonyl (C=O) groups excluding carboxylic acids is 3. The number of unbranched alkanes of at least 4 members (excludes halogenated alkanes) is 6. The van der Waals surface area contributed by atoms with Crippen LogP contribution in [0, 0.1) is 0 Å². The van der Waals surface area contributed by atoms with E-state index in [0.29, 0.717) is 0 Å². The lowest BCUT2D eigenvalue weighted by Crippen LogP contribution is -2.64. The third kappa shape index (κ3) is 11.5. The first-order valence-corrected chi connectivity index (χ1v) is 13.0. The van der Waals surface area contributed by atoms with Gasteiger partial charge in [-0.2, -0.15) is 0 Å². The van der Waals surface area contributed by atoms with Gasteiger partial charge in [-0.05, 0) is 18.6 Å². The van der Waals surface area contributed by atoms with Crippen LogP contribution < -0.4 is 5.32 Å². The van der Waals surface area contributed by atoms with Crippen molar-refractivity contribution in [3.63, 3.8) is 0 Å². The van der Waals surface area contributed by atoms with Crippen LogP contribution in [0.25, 0.3) is 0 Å². The van der Waals surface area contributed by atoms with Gasteiger partial charge in [-0.25, -0.2) is 0 Å². The van der Waals surface area contributed by atoms with Crippen molar-refractivity contribution in [1.82, 2.24) is 5.32 Å². The molecule has 1 rings (SSSR count). The van der Waals surface area contributed by atoms with Gasteiger partial charge in [0.1, 0.15) is 30.3 Å². The fourth-order valence-corrected chi connectivity index (χ4v) is 5.05. The van der Waals surface area contributed by atoms with Crippen LogP contribution >= 0.6 is 27.7 Å². The molecule has 0 radical (unpaired) electrons. The number of aliphatic hydroxyl groups excluding tert-OH is 1. The zero-order chi connectivity index (χ0) is 23.2. The van der Waals surface area contributed by atoms with E-state index in [-0.39, 0.29) is 12.5 Å². The van der Waals surface area contributed by atoms with Gasteiger partial charge in [0.25, 0.3) is 0 Å². The maximum atomic E-state index is 11.7. The number of thioether (sulfide) groups is 1. The zero-order valence-corrected chi connectivity index (χ0v) is 21.0. The van der Waals surface area contributed by atoms with Crippen LogP contribution in [0.5, 0.6) is 0 Å². The highest BCUT2D eigenvalue weighted by Gasteiger charge is 2.48. The van der Waals surface area contributed by atoms with E-state index in [0.717, 1.165) is 23.9 Å². The van der Waals surface area contributed by atoms with Gasteiger partial charge < -0.3 is 24.6 Å². The maximum Gasteiger partial charge on any atom is 0.303 e. The number of alkyl halides is 1. The predicted molar refractivity (Wildman–Crippen MR) is 123 cm³/mol. The average molecular weight is 526 g/mol. The molecule has 0 bridgehead atoms. The molecule has 8 nitrogen and oxygen atoms in total. The molecule has 2 N–H and O–H groups in total. The number of nitrogens with one attached hydrogen (secondary N) is 1. The van der Waals surface area contributed by atoms with Crippen molar-refractivity contribution >= 4 is 45.5 Å². The molecular formula is C21H36BrNO7S. The number of halogens is 1. The van der Waals surface area contributed by atoms with E-state index in [2.05, 4.69) is 21.2 Å². The van der Waals surface area contributed by atoms with Crippen LogP contribution in [0.1, 0.15) is 65.7 Å². The summed E-state index contributed by atoms with van der Waals surface area (Å²) in [7, 11) is 0. The molecule has 0 aromatic rings. The minimum Gasteiger partial charge on any atom is -0.463 e. The Hall–Kier alpha value is -0.840. The molecule has 1 aliphatic rings. The number of amides is 1. The van der Waals surface area contributed by atoms with Crippen molar-refractivity contribution in [2.24, 2.45) is 0 Å². The Kier molecular flexibility index (Phi) is 14.4. The Morgan fingerprint density at radius 1 is 1.00 bits per heavy atom. The van der Waals surface area contributed by atoms with Crippen LogP contribution in [-0.2, 0) is 28.6 Å². The van der Waals surface area contributed by atoms with Gasteiger partial charge in [0.15, 0.2) is 6.10 Å². The Morgan fingerprint density at radius 2 is 1.61 bits per heavy atom. The molecule has 1 amide bonds. The normalized spacial score (nSPS) is 25.6. The highest BCUT2D eigenvalue weighted by molar-refractivity contribution is 9.09. The van der Waals surface area contributed by atoms with Crippen LogP contribution in [0.15, 0.2) is 0 Å². The van der Waals surface area contributed by atoms with Gasteiger partial charge in [0.05, 0.1) is 0 Å². The quantitative estimate of drug-likeness (QED) is 0.202. The van der Waals surface area contributed by atoms with Crippen molar-refractivity contribution in [1.29, 1.82) is 0 Å². The molecule has 0 spiro atoms. The van der Waals surface area contributed by atoms with E-state index < -0.39 is 41.7 Å². The van der Waals surface area contributed by atoms with Gasteiger partial charge in [0.2, 0.25) is 5.91 Å². The number of esters is 2. The van der Waals surface area contributed by atoms with Crippen molar-refractivity contribution in [2.75, 3.05) is 17.7 Å². The first-order chi connectivity index (χ1) is 14.8. The summed E-state index contributed by atoms with van der Waals surface area (Å²) in [4.78, 5) is 34.5. The molecule has 31 heavy (non-hydrogen) atoms. The van der Waals surface area contributed by atoms with Crippen molar-refractivity contribution in [3.05, 3.63) is 0 Å². The Balaban J connectivity index is 2.68. The number of aliphatic hydroxyl groups is 1. The largest absolute Gasteiger partial charge is 0.463 e.